The molecule has 1 amide bonds. The lowest BCUT2D eigenvalue weighted by molar-refractivity contribution is -0.113. The van der Waals surface area contributed by atoms with E-state index in [1.807, 2.05) is 49.4 Å². The molecule has 0 atom stereocenters. The minimum Gasteiger partial charge on any atom is -0.497 e. The second-order valence-corrected chi connectivity index (χ2v) is 7.57. The van der Waals surface area contributed by atoms with Gasteiger partial charge in [-0.3, -0.25) is 4.79 Å². The molecule has 0 aliphatic heterocycles. The van der Waals surface area contributed by atoms with E-state index in [0.29, 0.717) is 17.5 Å². The van der Waals surface area contributed by atoms with E-state index in [2.05, 4.69) is 31.4 Å². The molecule has 3 rings (SSSR count). The number of anilines is 1. The predicted octanol–water partition coefficient (Wildman–Crippen LogP) is 4.47. The van der Waals surface area contributed by atoms with Gasteiger partial charge >= 0.3 is 0 Å². The van der Waals surface area contributed by atoms with Crippen molar-refractivity contribution in [3.8, 4) is 5.75 Å². The number of ether oxygens (including phenoxy) is 1. The van der Waals surface area contributed by atoms with Crippen LogP contribution in [0.3, 0.4) is 0 Å². The van der Waals surface area contributed by atoms with Gasteiger partial charge in [0.05, 0.1) is 19.3 Å². The largest absolute Gasteiger partial charge is 0.497 e. The summed E-state index contributed by atoms with van der Waals surface area (Å²) < 4.78 is 11.7. The summed E-state index contributed by atoms with van der Waals surface area (Å²) in [6.07, 6.45) is 0.530. The van der Waals surface area contributed by atoms with Crippen LogP contribution in [0.25, 0.3) is 0 Å². The molecule has 6 nitrogen and oxygen atoms in total. The Hall–Kier alpha value is -2.32. The molecule has 0 saturated heterocycles. The van der Waals surface area contributed by atoms with Crippen molar-refractivity contribution in [1.82, 2.24) is 10.2 Å². The monoisotopic (exact) mass is 447 g/mol. The molecule has 0 saturated carbocycles. The smallest absolute Gasteiger partial charge is 0.277 e. The second-order valence-electron chi connectivity index (χ2n) is 5.79. The van der Waals surface area contributed by atoms with E-state index in [1.54, 1.807) is 7.11 Å². The molecule has 2 aromatic carbocycles. The number of carbonyl (C=O) groups excluding carboxylic acids is 1. The summed E-state index contributed by atoms with van der Waals surface area (Å²) in [5.74, 6) is 1.37. The van der Waals surface area contributed by atoms with Crippen molar-refractivity contribution in [3.05, 3.63) is 64.0 Å². The number of nitrogens with zero attached hydrogens (tertiary/aromatic N) is 2. The van der Waals surface area contributed by atoms with Gasteiger partial charge in [0.1, 0.15) is 5.75 Å². The van der Waals surface area contributed by atoms with Gasteiger partial charge in [0.25, 0.3) is 5.22 Å². The molecular formula is C19H18BrN3O3S. The Labute approximate surface area is 169 Å². The number of benzene rings is 2. The van der Waals surface area contributed by atoms with Gasteiger partial charge in [0, 0.05) is 10.2 Å². The van der Waals surface area contributed by atoms with Gasteiger partial charge in [-0.1, -0.05) is 39.8 Å². The SMILES string of the molecule is COc1ccc(Cc2nnc(SCC(=O)Nc3ccc(Br)c(C)c3)o2)cc1. The summed E-state index contributed by atoms with van der Waals surface area (Å²) in [6, 6.07) is 13.3. The standard InChI is InChI=1S/C19H18BrN3O3S/c1-12-9-14(5-8-16(12)20)21-17(24)11-27-19-23-22-18(26-19)10-13-3-6-15(25-2)7-4-13/h3-9H,10-11H2,1-2H3,(H,21,24). The minimum absolute atomic E-state index is 0.128. The lowest BCUT2D eigenvalue weighted by atomic mass is 10.1. The Bertz CT molecular complexity index is 928. The summed E-state index contributed by atoms with van der Waals surface area (Å²) in [5, 5.41) is 11.2. The number of carbonyl (C=O) groups is 1. The molecule has 0 aliphatic rings. The number of hydrogen-bond donors (Lipinski definition) is 1. The van der Waals surface area contributed by atoms with Crippen LogP contribution in [0.1, 0.15) is 17.0 Å². The number of halogens is 1. The second kappa shape index (κ2) is 9.05. The molecule has 1 aromatic heterocycles. The van der Waals surface area contributed by atoms with Crippen LogP contribution in [-0.2, 0) is 11.2 Å². The summed E-state index contributed by atoms with van der Waals surface area (Å²) in [6.45, 7) is 1.97. The Morgan fingerprint density at radius 2 is 2.00 bits per heavy atom. The number of hydrogen-bond acceptors (Lipinski definition) is 6. The average Bonchev–Trinajstić information content (AvgIpc) is 3.11. The first kappa shape index (κ1) is 19.4. The van der Waals surface area contributed by atoms with Crippen molar-refractivity contribution in [3.63, 3.8) is 0 Å². The zero-order chi connectivity index (χ0) is 19.2. The molecule has 0 unspecified atom stereocenters. The third kappa shape index (κ3) is 5.58. The molecule has 0 fully saturated rings. The number of thioether (sulfide) groups is 1. The highest BCUT2D eigenvalue weighted by molar-refractivity contribution is 9.10. The van der Waals surface area contributed by atoms with Crippen molar-refractivity contribution in [1.29, 1.82) is 0 Å². The zero-order valence-corrected chi connectivity index (χ0v) is 17.3. The maximum atomic E-state index is 12.1. The van der Waals surface area contributed by atoms with Crippen LogP contribution in [0.5, 0.6) is 5.75 Å². The van der Waals surface area contributed by atoms with Crippen LogP contribution in [0.2, 0.25) is 0 Å². The number of nitrogens with one attached hydrogen (secondary N) is 1. The van der Waals surface area contributed by atoms with Gasteiger partial charge in [-0.25, -0.2) is 0 Å². The number of amides is 1. The average molecular weight is 448 g/mol. The van der Waals surface area contributed by atoms with Crippen LogP contribution in [0, 0.1) is 6.92 Å². The zero-order valence-electron chi connectivity index (χ0n) is 14.9. The van der Waals surface area contributed by atoms with Gasteiger partial charge in [-0.15, -0.1) is 10.2 Å². The van der Waals surface area contributed by atoms with E-state index < -0.39 is 0 Å². The highest BCUT2D eigenvalue weighted by Gasteiger charge is 2.11. The van der Waals surface area contributed by atoms with Crippen LogP contribution in [-0.4, -0.2) is 29.0 Å². The molecular weight excluding hydrogens is 430 g/mol. The number of methoxy groups -OCH3 is 1. The maximum Gasteiger partial charge on any atom is 0.277 e. The molecule has 1 heterocycles. The molecule has 8 heteroatoms. The molecule has 0 spiro atoms. The third-order valence-electron chi connectivity index (χ3n) is 3.73. The van der Waals surface area contributed by atoms with E-state index in [1.165, 1.54) is 11.8 Å². The van der Waals surface area contributed by atoms with E-state index in [4.69, 9.17) is 9.15 Å². The number of aryl methyl sites for hydroxylation is 1. The van der Waals surface area contributed by atoms with Gasteiger partial charge in [-0.2, -0.15) is 0 Å². The van der Waals surface area contributed by atoms with E-state index in [-0.39, 0.29) is 11.7 Å². The van der Waals surface area contributed by atoms with Crippen molar-refractivity contribution >= 4 is 39.3 Å². The highest BCUT2D eigenvalue weighted by Crippen LogP contribution is 2.22. The van der Waals surface area contributed by atoms with E-state index in [9.17, 15) is 4.79 Å². The Kier molecular flexibility index (Phi) is 6.52. The Balaban J connectivity index is 1.51. The fourth-order valence-electron chi connectivity index (χ4n) is 2.33. The summed E-state index contributed by atoms with van der Waals surface area (Å²) >= 11 is 4.65. The highest BCUT2D eigenvalue weighted by atomic mass is 79.9. The fraction of sp³-hybridized carbons (Fsp3) is 0.211. The molecule has 3 aromatic rings. The molecule has 0 aliphatic carbocycles. The van der Waals surface area contributed by atoms with Crippen molar-refractivity contribution in [2.24, 2.45) is 0 Å². The molecule has 0 bridgehead atoms. The Morgan fingerprint density at radius 3 is 2.70 bits per heavy atom. The topological polar surface area (TPSA) is 77.2 Å². The molecule has 140 valence electrons. The lowest BCUT2D eigenvalue weighted by Crippen LogP contribution is -2.14. The van der Waals surface area contributed by atoms with Gasteiger partial charge in [-0.05, 0) is 48.4 Å². The number of rotatable bonds is 7. The van der Waals surface area contributed by atoms with E-state index >= 15 is 0 Å². The third-order valence-corrected chi connectivity index (χ3v) is 5.44. The number of aromatic nitrogens is 2. The van der Waals surface area contributed by atoms with Crippen LogP contribution < -0.4 is 10.1 Å². The van der Waals surface area contributed by atoms with Gasteiger partial charge in [0.15, 0.2) is 0 Å². The van der Waals surface area contributed by atoms with Crippen molar-refractivity contribution in [2.45, 2.75) is 18.6 Å². The molecule has 27 heavy (non-hydrogen) atoms. The van der Waals surface area contributed by atoms with Crippen molar-refractivity contribution in [2.75, 3.05) is 18.2 Å². The normalized spacial score (nSPS) is 10.6. The van der Waals surface area contributed by atoms with Crippen LogP contribution >= 0.6 is 27.7 Å². The first-order valence-corrected chi connectivity index (χ1v) is 9.95. The first-order chi connectivity index (χ1) is 13.0. The molecule has 0 radical (unpaired) electrons. The van der Waals surface area contributed by atoms with Gasteiger partial charge in [0.2, 0.25) is 11.8 Å². The van der Waals surface area contributed by atoms with Gasteiger partial charge < -0.3 is 14.5 Å². The lowest BCUT2D eigenvalue weighted by Gasteiger charge is -2.06. The van der Waals surface area contributed by atoms with Crippen molar-refractivity contribution < 1.29 is 13.9 Å². The summed E-state index contributed by atoms with van der Waals surface area (Å²) in [7, 11) is 1.63. The summed E-state index contributed by atoms with van der Waals surface area (Å²) in [4.78, 5) is 12.1. The Morgan fingerprint density at radius 1 is 1.22 bits per heavy atom. The van der Waals surface area contributed by atoms with Crippen LogP contribution in [0.4, 0.5) is 5.69 Å². The quantitative estimate of drug-likeness (QED) is 0.538. The van der Waals surface area contributed by atoms with Crippen LogP contribution in [0.15, 0.2) is 56.6 Å². The van der Waals surface area contributed by atoms with E-state index in [0.717, 1.165) is 27.0 Å². The maximum absolute atomic E-state index is 12.1. The first-order valence-electron chi connectivity index (χ1n) is 8.17. The fourth-order valence-corrected chi connectivity index (χ4v) is 3.16. The predicted molar refractivity (Wildman–Crippen MR) is 108 cm³/mol. The summed E-state index contributed by atoms with van der Waals surface area (Å²) in [5.41, 5.74) is 2.85. The minimum atomic E-state index is -0.128. The molecule has 1 N–H and O–H groups in total.